The van der Waals surface area contributed by atoms with Crippen LogP contribution in [-0.4, -0.2) is 35.2 Å². The molecule has 5 heteroatoms. The van der Waals surface area contributed by atoms with Crippen molar-refractivity contribution in [3.63, 3.8) is 0 Å². The highest BCUT2D eigenvalue weighted by Gasteiger charge is 2.29. The summed E-state index contributed by atoms with van der Waals surface area (Å²) in [6, 6.07) is 9.91. The number of benzene rings is 1. The maximum absolute atomic E-state index is 11.6. The van der Waals surface area contributed by atoms with Gasteiger partial charge < -0.3 is 15.4 Å². The third-order valence-electron chi connectivity index (χ3n) is 3.25. The highest BCUT2D eigenvalue weighted by Crippen LogP contribution is 2.18. The minimum absolute atomic E-state index is 0.186. The summed E-state index contributed by atoms with van der Waals surface area (Å²) in [5.74, 6) is 0. The van der Waals surface area contributed by atoms with Crippen LogP contribution in [0.15, 0.2) is 36.5 Å². The molecule has 2 heterocycles. The molecule has 5 nitrogen and oxygen atoms in total. The zero-order valence-corrected chi connectivity index (χ0v) is 10.5. The largest absolute Gasteiger partial charge is 0.443 e. The molecule has 0 radical (unpaired) electrons. The third-order valence-corrected chi connectivity index (χ3v) is 3.25. The Balaban J connectivity index is 1.80. The summed E-state index contributed by atoms with van der Waals surface area (Å²) in [7, 11) is 0. The Bertz CT molecular complexity index is 614. The molecule has 19 heavy (non-hydrogen) atoms. The van der Waals surface area contributed by atoms with E-state index >= 15 is 0 Å². The fourth-order valence-electron chi connectivity index (χ4n) is 2.27. The lowest BCUT2D eigenvalue weighted by Crippen LogP contribution is -2.27. The number of rotatable bonds is 3. The molecule has 98 valence electrons. The number of amides is 1. The number of cyclic esters (lactones) is 1. The monoisotopic (exact) mass is 257 g/mol. The lowest BCUT2D eigenvalue weighted by Gasteiger charge is -2.13. The number of aromatic nitrogens is 1. The van der Waals surface area contributed by atoms with E-state index in [0.29, 0.717) is 19.6 Å². The molecule has 1 atom stereocenters. The van der Waals surface area contributed by atoms with E-state index in [-0.39, 0.29) is 12.2 Å². The number of hydrogen-bond donors (Lipinski definition) is 1. The molecule has 2 aromatic rings. The zero-order valence-electron chi connectivity index (χ0n) is 10.5. The van der Waals surface area contributed by atoms with Gasteiger partial charge in [-0.25, -0.2) is 4.79 Å². The molecule has 3 rings (SSSR count). The SMILES string of the molecule is NCC1CN(Cc2ccc3ncccc3c2)C(=O)O1. The molecule has 1 amide bonds. The van der Waals surface area contributed by atoms with E-state index in [1.54, 1.807) is 11.1 Å². The molecule has 0 bridgehead atoms. The van der Waals surface area contributed by atoms with Crippen molar-refractivity contribution in [2.45, 2.75) is 12.6 Å². The van der Waals surface area contributed by atoms with Gasteiger partial charge in [0.05, 0.1) is 12.1 Å². The maximum atomic E-state index is 11.6. The molecule has 1 fully saturated rings. The van der Waals surface area contributed by atoms with Gasteiger partial charge in [-0.3, -0.25) is 4.98 Å². The first-order valence-electron chi connectivity index (χ1n) is 6.25. The van der Waals surface area contributed by atoms with Gasteiger partial charge in [0.15, 0.2) is 0 Å². The van der Waals surface area contributed by atoms with Crippen LogP contribution < -0.4 is 5.73 Å². The van der Waals surface area contributed by atoms with Crippen molar-refractivity contribution in [3.05, 3.63) is 42.1 Å². The predicted molar refractivity (Wildman–Crippen MR) is 71.5 cm³/mol. The van der Waals surface area contributed by atoms with Gasteiger partial charge in [0.1, 0.15) is 6.10 Å². The van der Waals surface area contributed by atoms with E-state index < -0.39 is 0 Å². The van der Waals surface area contributed by atoms with E-state index in [4.69, 9.17) is 10.5 Å². The molecule has 0 saturated carbocycles. The summed E-state index contributed by atoms with van der Waals surface area (Å²) in [4.78, 5) is 17.6. The first kappa shape index (κ1) is 11.9. The van der Waals surface area contributed by atoms with Gasteiger partial charge in [0.2, 0.25) is 0 Å². The van der Waals surface area contributed by atoms with Crippen LogP contribution in [0.25, 0.3) is 10.9 Å². The van der Waals surface area contributed by atoms with E-state index in [0.717, 1.165) is 16.5 Å². The molecule has 1 aliphatic heterocycles. The van der Waals surface area contributed by atoms with Crippen molar-refractivity contribution in [1.29, 1.82) is 0 Å². The first-order valence-corrected chi connectivity index (χ1v) is 6.25. The van der Waals surface area contributed by atoms with Crippen LogP contribution in [0.2, 0.25) is 0 Å². The van der Waals surface area contributed by atoms with Crippen LogP contribution in [0.5, 0.6) is 0 Å². The second kappa shape index (κ2) is 4.85. The van der Waals surface area contributed by atoms with E-state index in [9.17, 15) is 4.79 Å². The number of carbonyl (C=O) groups excluding carboxylic acids is 1. The Kier molecular flexibility index (Phi) is 3.05. The number of carbonyl (C=O) groups is 1. The second-order valence-electron chi connectivity index (χ2n) is 4.65. The molecular formula is C14H15N3O2. The molecular weight excluding hydrogens is 242 g/mol. The standard InChI is InChI=1S/C14H15N3O2/c15-7-12-9-17(14(18)19-12)8-10-3-4-13-11(6-10)2-1-5-16-13/h1-6,12H,7-9,15H2. The van der Waals surface area contributed by atoms with Crippen molar-refractivity contribution in [2.75, 3.05) is 13.1 Å². The summed E-state index contributed by atoms with van der Waals surface area (Å²) < 4.78 is 5.13. The second-order valence-corrected chi connectivity index (χ2v) is 4.65. The Labute approximate surface area is 111 Å². The summed E-state index contributed by atoms with van der Waals surface area (Å²) in [5, 5.41) is 1.07. The summed E-state index contributed by atoms with van der Waals surface area (Å²) in [5.41, 5.74) is 7.53. The minimum atomic E-state index is -0.290. The molecule has 2 N–H and O–H groups in total. The van der Waals surface area contributed by atoms with Gasteiger partial charge in [-0.2, -0.15) is 0 Å². The highest BCUT2D eigenvalue weighted by molar-refractivity contribution is 5.79. The van der Waals surface area contributed by atoms with E-state index in [2.05, 4.69) is 4.98 Å². The Morgan fingerprint density at radius 1 is 1.42 bits per heavy atom. The normalized spacial score (nSPS) is 18.9. The topological polar surface area (TPSA) is 68.5 Å². The average Bonchev–Trinajstić information content (AvgIpc) is 2.79. The van der Waals surface area contributed by atoms with Gasteiger partial charge in [-0.15, -0.1) is 0 Å². The Hall–Kier alpha value is -2.14. The predicted octanol–water partition coefficient (Wildman–Crippen LogP) is 1.51. The third kappa shape index (κ3) is 2.37. The van der Waals surface area contributed by atoms with Gasteiger partial charge >= 0.3 is 6.09 Å². The van der Waals surface area contributed by atoms with Crippen LogP contribution in [0, 0.1) is 0 Å². The van der Waals surface area contributed by atoms with Crippen molar-refractivity contribution >= 4 is 17.0 Å². The van der Waals surface area contributed by atoms with Crippen molar-refractivity contribution in [2.24, 2.45) is 5.73 Å². The number of hydrogen-bond acceptors (Lipinski definition) is 4. The van der Waals surface area contributed by atoms with Gasteiger partial charge in [0, 0.05) is 24.7 Å². The van der Waals surface area contributed by atoms with Gasteiger partial charge in [-0.1, -0.05) is 12.1 Å². The number of nitrogens with zero attached hydrogens (tertiary/aromatic N) is 2. The fourth-order valence-corrected chi connectivity index (χ4v) is 2.27. The van der Waals surface area contributed by atoms with Crippen LogP contribution in [-0.2, 0) is 11.3 Å². The lowest BCUT2D eigenvalue weighted by atomic mass is 10.1. The van der Waals surface area contributed by atoms with Crippen molar-refractivity contribution < 1.29 is 9.53 Å². The molecule has 1 unspecified atom stereocenters. The quantitative estimate of drug-likeness (QED) is 0.905. The number of pyridine rings is 1. The lowest BCUT2D eigenvalue weighted by molar-refractivity contribution is 0.134. The van der Waals surface area contributed by atoms with Crippen molar-refractivity contribution in [1.82, 2.24) is 9.88 Å². The Morgan fingerprint density at radius 3 is 3.11 bits per heavy atom. The average molecular weight is 257 g/mol. The highest BCUT2D eigenvalue weighted by atomic mass is 16.6. The molecule has 1 aromatic heterocycles. The van der Waals surface area contributed by atoms with E-state index in [1.165, 1.54) is 0 Å². The number of fused-ring (bicyclic) bond motifs is 1. The molecule has 0 aliphatic carbocycles. The van der Waals surface area contributed by atoms with Gasteiger partial charge in [-0.05, 0) is 23.8 Å². The molecule has 1 aliphatic rings. The minimum Gasteiger partial charge on any atom is -0.443 e. The molecule has 1 saturated heterocycles. The number of ether oxygens (including phenoxy) is 1. The van der Waals surface area contributed by atoms with Crippen LogP contribution in [0.3, 0.4) is 0 Å². The zero-order chi connectivity index (χ0) is 13.2. The first-order chi connectivity index (χ1) is 9.26. The number of nitrogens with two attached hydrogens (primary N) is 1. The smallest absolute Gasteiger partial charge is 0.410 e. The van der Waals surface area contributed by atoms with Crippen LogP contribution in [0.4, 0.5) is 4.79 Å². The van der Waals surface area contributed by atoms with Crippen molar-refractivity contribution in [3.8, 4) is 0 Å². The van der Waals surface area contributed by atoms with Gasteiger partial charge in [0.25, 0.3) is 0 Å². The fraction of sp³-hybridized carbons (Fsp3) is 0.286. The summed E-state index contributed by atoms with van der Waals surface area (Å²) >= 11 is 0. The van der Waals surface area contributed by atoms with Crippen LogP contribution in [0.1, 0.15) is 5.56 Å². The Morgan fingerprint density at radius 2 is 2.32 bits per heavy atom. The van der Waals surface area contributed by atoms with Crippen LogP contribution >= 0.6 is 0 Å². The molecule has 0 spiro atoms. The molecule has 1 aromatic carbocycles. The summed E-state index contributed by atoms with van der Waals surface area (Å²) in [6.07, 6.45) is 1.29. The summed E-state index contributed by atoms with van der Waals surface area (Å²) in [6.45, 7) is 1.46. The maximum Gasteiger partial charge on any atom is 0.410 e. The van der Waals surface area contributed by atoms with E-state index in [1.807, 2.05) is 30.3 Å².